The molecule has 2 atom stereocenters. The summed E-state index contributed by atoms with van der Waals surface area (Å²) in [5, 5.41) is 3.40. The number of carbonyl (C=O) groups is 1. The van der Waals surface area contributed by atoms with Crippen LogP contribution in [0, 0.1) is 5.82 Å². The standard InChI is InChI=1S/C21H32FN5O.2ClH/c1-17(21(28)27-9-6-20(16-27)25-10-7-23-8-11-25)24-12-14-26(15-13-24)19-4-2-18(22)3-5-19;;/h2-5,17,20,23H,6-16H2,1H3;2*1H. The zero-order valence-electron chi connectivity index (χ0n) is 17.6. The topological polar surface area (TPSA) is 42.1 Å². The lowest BCUT2D eigenvalue weighted by Gasteiger charge is -2.39. The third-order valence-electron chi connectivity index (χ3n) is 6.55. The SMILES string of the molecule is CC(C(=O)N1CCC(N2CCNCC2)C1)N1CCN(c2ccc(F)cc2)CC1.Cl.Cl. The Bertz CT molecular complexity index is 666. The lowest BCUT2D eigenvalue weighted by atomic mass is 10.2. The van der Waals surface area contributed by atoms with Crippen molar-refractivity contribution in [2.75, 3.05) is 70.3 Å². The highest BCUT2D eigenvalue weighted by Gasteiger charge is 2.35. The summed E-state index contributed by atoms with van der Waals surface area (Å²) in [6.45, 7) is 11.6. The summed E-state index contributed by atoms with van der Waals surface area (Å²) in [6, 6.07) is 7.14. The van der Waals surface area contributed by atoms with Crippen molar-refractivity contribution in [3.63, 3.8) is 0 Å². The first-order valence-corrected chi connectivity index (χ1v) is 10.6. The van der Waals surface area contributed by atoms with Crippen LogP contribution in [0.1, 0.15) is 13.3 Å². The van der Waals surface area contributed by atoms with E-state index in [9.17, 15) is 9.18 Å². The zero-order valence-corrected chi connectivity index (χ0v) is 19.3. The Balaban J connectivity index is 0.00000160. The summed E-state index contributed by atoms with van der Waals surface area (Å²) in [5.41, 5.74) is 1.05. The van der Waals surface area contributed by atoms with Crippen LogP contribution < -0.4 is 10.2 Å². The predicted molar refractivity (Wildman–Crippen MR) is 124 cm³/mol. The monoisotopic (exact) mass is 461 g/mol. The van der Waals surface area contributed by atoms with Crippen molar-refractivity contribution in [3.05, 3.63) is 30.1 Å². The molecule has 3 heterocycles. The van der Waals surface area contributed by atoms with Gasteiger partial charge in [-0.1, -0.05) is 0 Å². The Hall–Kier alpha value is -1.12. The fourth-order valence-electron chi connectivity index (χ4n) is 4.73. The van der Waals surface area contributed by atoms with E-state index in [2.05, 4.69) is 24.9 Å². The van der Waals surface area contributed by atoms with Crippen LogP contribution in [0.2, 0.25) is 0 Å². The summed E-state index contributed by atoms with van der Waals surface area (Å²) in [4.78, 5) is 22.2. The van der Waals surface area contributed by atoms with Crippen LogP contribution >= 0.6 is 24.8 Å². The second-order valence-corrected chi connectivity index (χ2v) is 8.19. The minimum atomic E-state index is -0.202. The number of likely N-dealkylation sites (tertiary alicyclic amines) is 1. The van der Waals surface area contributed by atoms with E-state index in [0.29, 0.717) is 6.04 Å². The van der Waals surface area contributed by atoms with Gasteiger partial charge in [0, 0.05) is 77.2 Å². The molecule has 9 heteroatoms. The van der Waals surface area contributed by atoms with Crippen molar-refractivity contribution in [1.82, 2.24) is 20.0 Å². The second kappa shape index (κ2) is 11.5. The number of rotatable bonds is 4. The third kappa shape index (κ3) is 5.77. The van der Waals surface area contributed by atoms with Crippen LogP contribution in [0.15, 0.2) is 24.3 Å². The first kappa shape index (κ1) is 25.1. The van der Waals surface area contributed by atoms with Gasteiger partial charge in [-0.15, -0.1) is 24.8 Å². The van der Waals surface area contributed by atoms with E-state index in [1.165, 1.54) is 12.1 Å². The third-order valence-corrected chi connectivity index (χ3v) is 6.55. The molecule has 3 fully saturated rings. The number of anilines is 1. The van der Waals surface area contributed by atoms with Crippen LogP contribution in [0.4, 0.5) is 10.1 Å². The number of amides is 1. The van der Waals surface area contributed by atoms with Gasteiger partial charge in [0.2, 0.25) is 5.91 Å². The maximum atomic E-state index is 13.1. The average Bonchev–Trinajstić information content (AvgIpc) is 3.24. The van der Waals surface area contributed by atoms with Gasteiger partial charge in [-0.3, -0.25) is 14.6 Å². The van der Waals surface area contributed by atoms with Gasteiger partial charge in [-0.05, 0) is 37.6 Å². The largest absolute Gasteiger partial charge is 0.369 e. The Morgan fingerprint density at radius 1 is 1.00 bits per heavy atom. The minimum absolute atomic E-state index is 0. The number of nitrogens with one attached hydrogen (secondary N) is 1. The van der Waals surface area contributed by atoms with Crippen molar-refractivity contribution in [3.8, 4) is 0 Å². The molecule has 0 aliphatic carbocycles. The smallest absolute Gasteiger partial charge is 0.239 e. The van der Waals surface area contributed by atoms with Gasteiger partial charge in [-0.2, -0.15) is 0 Å². The molecule has 0 spiro atoms. The predicted octanol–water partition coefficient (Wildman–Crippen LogP) is 1.69. The highest BCUT2D eigenvalue weighted by molar-refractivity contribution is 5.85. The molecule has 1 amide bonds. The second-order valence-electron chi connectivity index (χ2n) is 8.19. The Morgan fingerprint density at radius 2 is 1.63 bits per heavy atom. The van der Waals surface area contributed by atoms with Crippen LogP contribution in [0.3, 0.4) is 0 Å². The summed E-state index contributed by atoms with van der Waals surface area (Å²) in [5.74, 6) is 0.0687. The highest BCUT2D eigenvalue weighted by atomic mass is 35.5. The molecule has 170 valence electrons. The molecule has 2 unspecified atom stereocenters. The molecule has 0 aromatic heterocycles. The molecule has 3 aliphatic rings. The van der Waals surface area contributed by atoms with Gasteiger partial charge in [0.15, 0.2) is 0 Å². The molecular formula is C21H34Cl2FN5O. The van der Waals surface area contributed by atoms with Crippen molar-refractivity contribution in [2.45, 2.75) is 25.4 Å². The lowest BCUT2D eigenvalue weighted by Crippen LogP contribution is -2.55. The molecule has 1 aromatic rings. The summed E-state index contributed by atoms with van der Waals surface area (Å²) in [6.07, 6.45) is 1.09. The van der Waals surface area contributed by atoms with Crippen LogP contribution in [-0.2, 0) is 4.79 Å². The minimum Gasteiger partial charge on any atom is -0.369 e. The van der Waals surface area contributed by atoms with E-state index < -0.39 is 0 Å². The summed E-state index contributed by atoms with van der Waals surface area (Å²) < 4.78 is 13.1. The van der Waals surface area contributed by atoms with Gasteiger partial charge in [0.05, 0.1) is 6.04 Å². The van der Waals surface area contributed by atoms with Gasteiger partial charge in [0.25, 0.3) is 0 Å². The normalized spacial score (nSPS) is 24.1. The number of hydrogen-bond donors (Lipinski definition) is 1. The number of nitrogens with zero attached hydrogens (tertiary/aromatic N) is 4. The molecule has 1 aromatic carbocycles. The Morgan fingerprint density at radius 3 is 2.27 bits per heavy atom. The lowest BCUT2D eigenvalue weighted by molar-refractivity contribution is -0.135. The Labute approximate surface area is 191 Å². The number of carbonyl (C=O) groups excluding carboxylic acids is 1. The number of piperazine rings is 2. The van der Waals surface area contributed by atoms with E-state index in [-0.39, 0.29) is 42.6 Å². The molecule has 30 heavy (non-hydrogen) atoms. The van der Waals surface area contributed by atoms with E-state index in [4.69, 9.17) is 0 Å². The molecule has 6 nitrogen and oxygen atoms in total. The van der Waals surface area contributed by atoms with Gasteiger partial charge in [0.1, 0.15) is 5.82 Å². The van der Waals surface area contributed by atoms with E-state index in [1.54, 1.807) is 0 Å². The molecule has 4 rings (SSSR count). The van der Waals surface area contributed by atoms with E-state index >= 15 is 0 Å². The number of halogens is 3. The first-order valence-electron chi connectivity index (χ1n) is 10.6. The molecule has 0 saturated carbocycles. The number of benzene rings is 1. The maximum Gasteiger partial charge on any atom is 0.239 e. The van der Waals surface area contributed by atoms with E-state index in [0.717, 1.165) is 77.6 Å². The fourth-order valence-corrected chi connectivity index (χ4v) is 4.73. The highest BCUT2D eigenvalue weighted by Crippen LogP contribution is 2.21. The van der Waals surface area contributed by atoms with Crippen molar-refractivity contribution < 1.29 is 9.18 Å². The average molecular weight is 462 g/mol. The van der Waals surface area contributed by atoms with Crippen LogP contribution in [0.5, 0.6) is 0 Å². The molecule has 3 saturated heterocycles. The quantitative estimate of drug-likeness (QED) is 0.738. The van der Waals surface area contributed by atoms with Gasteiger partial charge in [-0.25, -0.2) is 4.39 Å². The summed E-state index contributed by atoms with van der Waals surface area (Å²) in [7, 11) is 0. The van der Waals surface area contributed by atoms with E-state index in [1.807, 2.05) is 19.1 Å². The molecular weight excluding hydrogens is 428 g/mol. The van der Waals surface area contributed by atoms with Crippen molar-refractivity contribution in [1.29, 1.82) is 0 Å². The molecule has 3 aliphatic heterocycles. The van der Waals surface area contributed by atoms with Crippen LogP contribution in [-0.4, -0.2) is 98.1 Å². The van der Waals surface area contributed by atoms with Crippen LogP contribution in [0.25, 0.3) is 0 Å². The number of hydrogen-bond acceptors (Lipinski definition) is 5. The van der Waals surface area contributed by atoms with Gasteiger partial charge < -0.3 is 15.1 Å². The molecule has 0 bridgehead atoms. The summed E-state index contributed by atoms with van der Waals surface area (Å²) >= 11 is 0. The van der Waals surface area contributed by atoms with Gasteiger partial charge >= 0.3 is 0 Å². The first-order chi connectivity index (χ1) is 13.6. The molecule has 1 N–H and O–H groups in total. The zero-order chi connectivity index (χ0) is 19.5. The molecule has 0 radical (unpaired) electrons. The Kier molecular flexibility index (Phi) is 9.63. The fraction of sp³-hybridized carbons (Fsp3) is 0.667. The van der Waals surface area contributed by atoms with Crippen molar-refractivity contribution in [2.24, 2.45) is 0 Å². The van der Waals surface area contributed by atoms with Crippen molar-refractivity contribution >= 4 is 36.4 Å². The maximum absolute atomic E-state index is 13.1.